The van der Waals surface area contributed by atoms with Crippen molar-refractivity contribution >= 4 is 11.6 Å². The largest absolute Gasteiger partial charge is 0.385 e. The van der Waals surface area contributed by atoms with Crippen LogP contribution in [0.3, 0.4) is 0 Å². The van der Waals surface area contributed by atoms with Crippen molar-refractivity contribution in [2.75, 3.05) is 5.88 Å². The number of alkyl halides is 1. The van der Waals surface area contributed by atoms with Crippen molar-refractivity contribution in [3.8, 4) is 0 Å². The van der Waals surface area contributed by atoms with Crippen molar-refractivity contribution in [3.05, 3.63) is 70.8 Å². The minimum Gasteiger partial charge on any atom is -0.385 e. The Morgan fingerprint density at radius 1 is 1.00 bits per heavy atom. The highest BCUT2D eigenvalue weighted by molar-refractivity contribution is 6.17. The van der Waals surface area contributed by atoms with Gasteiger partial charge in [-0.3, -0.25) is 0 Å². The second-order valence-corrected chi connectivity index (χ2v) is 6.35. The molecular weight excluding hydrogens is 280 g/mol. The molecule has 0 heterocycles. The van der Waals surface area contributed by atoms with Gasteiger partial charge in [-0.05, 0) is 47.9 Å². The third-order valence-corrected chi connectivity index (χ3v) is 4.67. The molecule has 1 N–H and O–H groups in total. The topological polar surface area (TPSA) is 20.2 Å². The summed E-state index contributed by atoms with van der Waals surface area (Å²) in [4.78, 5) is 0. The molecular formula is C19H21ClO. The number of rotatable bonds is 5. The van der Waals surface area contributed by atoms with E-state index in [9.17, 15) is 5.11 Å². The number of hydrogen-bond acceptors (Lipinski definition) is 1. The third kappa shape index (κ3) is 3.14. The Hall–Kier alpha value is -1.31. The molecule has 1 nitrogen and oxygen atoms in total. The van der Waals surface area contributed by atoms with Gasteiger partial charge in [-0.1, -0.05) is 48.5 Å². The average Bonchev–Trinajstić information content (AvgIpc) is 2.96. The Kier molecular flexibility index (Phi) is 4.32. The van der Waals surface area contributed by atoms with E-state index < -0.39 is 5.60 Å². The Balaban J connectivity index is 1.88. The van der Waals surface area contributed by atoms with Crippen LogP contribution in [-0.2, 0) is 24.9 Å². The van der Waals surface area contributed by atoms with Gasteiger partial charge in [0.25, 0.3) is 0 Å². The number of fused-ring (bicyclic) bond motifs is 1. The minimum atomic E-state index is -0.879. The first kappa shape index (κ1) is 14.6. The van der Waals surface area contributed by atoms with Gasteiger partial charge in [0.1, 0.15) is 0 Å². The van der Waals surface area contributed by atoms with Crippen molar-refractivity contribution in [2.24, 2.45) is 0 Å². The molecule has 1 aliphatic rings. The van der Waals surface area contributed by atoms with Gasteiger partial charge in [0, 0.05) is 12.3 Å². The first-order valence-corrected chi connectivity index (χ1v) is 8.19. The van der Waals surface area contributed by atoms with Crippen molar-refractivity contribution in [3.63, 3.8) is 0 Å². The summed E-state index contributed by atoms with van der Waals surface area (Å²) in [5, 5.41) is 11.1. The lowest BCUT2D eigenvalue weighted by Gasteiger charge is -2.28. The summed E-state index contributed by atoms with van der Waals surface area (Å²) in [6.45, 7) is 0. The van der Waals surface area contributed by atoms with Crippen LogP contribution in [0.4, 0.5) is 0 Å². The monoisotopic (exact) mass is 300 g/mol. The van der Waals surface area contributed by atoms with Crippen molar-refractivity contribution in [2.45, 2.75) is 37.7 Å². The average molecular weight is 301 g/mol. The summed E-state index contributed by atoms with van der Waals surface area (Å²) in [6.07, 6.45) is 4.80. The van der Waals surface area contributed by atoms with Crippen LogP contribution in [0.2, 0.25) is 0 Å². The van der Waals surface area contributed by atoms with Crippen molar-refractivity contribution in [1.82, 2.24) is 0 Å². The van der Waals surface area contributed by atoms with E-state index in [1.165, 1.54) is 36.0 Å². The Bertz CT molecular complexity index is 608. The van der Waals surface area contributed by atoms with Crippen LogP contribution in [-0.4, -0.2) is 11.0 Å². The maximum Gasteiger partial charge on any atom is 0.0948 e. The molecule has 2 aromatic rings. The molecule has 0 saturated carbocycles. The summed E-state index contributed by atoms with van der Waals surface area (Å²) in [6, 6.07) is 16.5. The second-order valence-electron chi connectivity index (χ2n) is 5.97. The number of halogens is 1. The fourth-order valence-corrected chi connectivity index (χ4v) is 3.62. The first-order valence-electron chi connectivity index (χ1n) is 7.66. The van der Waals surface area contributed by atoms with E-state index in [-0.39, 0.29) is 0 Å². The smallest absolute Gasteiger partial charge is 0.0948 e. The van der Waals surface area contributed by atoms with E-state index >= 15 is 0 Å². The maximum atomic E-state index is 11.1. The van der Waals surface area contributed by atoms with Crippen LogP contribution < -0.4 is 0 Å². The summed E-state index contributed by atoms with van der Waals surface area (Å²) >= 11 is 5.94. The van der Waals surface area contributed by atoms with Gasteiger partial charge in [0.05, 0.1) is 5.60 Å². The molecule has 21 heavy (non-hydrogen) atoms. The Morgan fingerprint density at radius 2 is 1.76 bits per heavy atom. The van der Waals surface area contributed by atoms with Gasteiger partial charge in [0.2, 0.25) is 0 Å². The normalized spacial score (nSPS) is 16.5. The summed E-state index contributed by atoms with van der Waals surface area (Å²) in [5.74, 6) is 0.455. The number of aryl methyl sites for hydroxylation is 2. The van der Waals surface area contributed by atoms with Crippen LogP contribution in [0, 0.1) is 0 Å². The molecule has 0 bridgehead atoms. The molecule has 1 atom stereocenters. The van der Waals surface area contributed by atoms with Gasteiger partial charge < -0.3 is 5.11 Å². The van der Waals surface area contributed by atoms with Crippen LogP contribution >= 0.6 is 11.6 Å². The zero-order valence-electron chi connectivity index (χ0n) is 12.2. The SMILES string of the molecule is OC(CCCl)(Cc1ccc2c(c1)CCC2)c1ccccc1. The lowest BCUT2D eigenvalue weighted by Crippen LogP contribution is -2.29. The van der Waals surface area contributed by atoms with E-state index in [0.717, 1.165) is 5.56 Å². The number of hydrogen-bond donors (Lipinski definition) is 1. The summed E-state index contributed by atoms with van der Waals surface area (Å²) < 4.78 is 0. The lowest BCUT2D eigenvalue weighted by atomic mass is 9.84. The third-order valence-electron chi connectivity index (χ3n) is 4.48. The van der Waals surface area contributed by atoms with Crippen molar-refractivity contribution in [1.29, 1.82) is 0 Å². The summed E-state index contributed by atoms with van der Waals surface area (Å²) in [7, 11) is 0. The second kappa shape index (κ2) is 6.21. The molecule has 0 radical (unpaired) electrons. The zero-order valence-corrected chi connectivity index (χ0v) is 12.9. The lowest BCUT2D eigenvalue weighted by molar-refractivity contribution is 0.0336. The highest BCUT2D eigenvalue weighted by Crippen LogP contribution is 2.31. The first-order chi connectivity index (χ1) is 10.2. The summed E-state index contributed by atoms with van der Waals surface area (Å²) in [5.41, 5.74) is 4.20. The standard InChI is InChI=1S/C19H21ClO/c20-12-11-19(21,18-7-2-1-3-8-18)14-15-9-10-16-5-4-6-17(16)13-15/h1-3,7-10,13,21H,4-6,11-12,14H2. The predicted molar refractivity (Wildman–Crippen MR) is 87.8 cm³/mol. The van der Waals surface area contributed by atoms with Gasteiger partial charge in [0.15, 0.2) is 0 Å². The van der Waals surface area contributed by atoms with E-state index in [2.05, 4.69) is 18.2 Å². The van der Waals surface area contributed by atoms with Gasteiger partial charge in [-0.25, -0.2) is 0 Å². The molecule has 1 unspecified atom stereocenters. The Morgan fingerprint density at radius 3 is 2.52 bits per heavy atom. The van der Waals surface area contributed by atoms with Crippen LogP contribution in [0.1, 0.15) is 35.1 Å². The zero-order chi connectivity index (χ0) is 14.7. The highest BCUT2D eigenvalue weighted by Gasteiger charge is 2.29. The molecule has 0 amide bonds. The number of benzene rings is 2. The molecule has 0 aliphatic heterocycles. The van der Waals surface area contributed by atoms with Crippen LogP contribution in [0.5, 0.6) is 0 Å². The molecule has 0 spiro atoms. The molecule has 1 aliphatic carbocycles. The minimum absolute atomic E-state index is 0.455. The molecule has 2 aromatic carbocycles. The van der Waals surface area contributed by atoms with Crippen LogP contribution in [0.25, 0.3) is 0 Å². The van der Waals surface area contributed by atoms with E-state index in [1.807, 2.05) is 30.3 Å². The van der Waals surface area contributed by atoms with Crippen LogP contribution in [0.15, 0.2) is 48.5 Å². The highest BCUT2D eigenvalue weighted by atomic mass is 35.5. The molecule has 0 saturated heterocycles. The van der Waals surface area contributed by atoms with Crippen molar-refractivity contribution < 1.29 is 5.11 Å². The maximum absolute atomic E-state index is 11.1. The number of aliphatic hydroxyl groups is 1. The van der Waals surface area contributed by atoms with E-state index in [0.29, 0.717) is 18.7 Å². The van der Waals surface area contributed by atoms with Gasteiger partial charge >= 0.3 is 0 Å². The molecule has 0 aromatic heterocycles. The fraction of sp³-hybridized carbons (Fsp3) is 0.368. The molecule has 110 valence electrons. The molecule has 3 rings (SSSR count). The Labute approximate surface area is 131 Å². The van der Waals surface area contributed by atoms with E-state index in [1.54, 1.807) is 0 Å². The van der Waals surface area contributed by atoms with Gasteiger partial charge in [-0.2, -0.15) is 0 Å². The fourth-order valence-electron chi connectivity index (χ4n) is 3.31. The molecule has 2 heteroatoms. The van der Waals surface area contributed by atoms with E-state index in [4.69, 9.17) is 11.6 Å². The predicted octanol–water partition coefficient (Wildman–Crippen LogP) is 4.23. The molecule has 0 fully saturated rings. The van der Waals surface area contributed by atoms with Gasteiger partial charge in [-0.15, -0.1) is 11.6 Å². The quantitative estimate of drug-likeness (QED) is 0.819.